The van der Waals surface area contributed by atoms with Crippen LogP contribution in [0.5, 0.6) is 10.9 Å². The molecule has 0 amide bonds. The lowest BCUT2D eigenvalue weighted by atomic mass is 10.2. The standard InChI is InChI=1S/C15H24N4O4S2/c1-6-7-8-19-9-12(10(2)16-19)25(20,21)18-11(3)13-14(22-4)17-24-15(13)23-5/h9,11,18H,6-8H2,1-5H3. The molecule has 140 valence electrons. The first-order valence-electron chi connectivity index (χ1n) is 7.98. The molecule has 10 heteroatoms. The highest BCUT2D eigenvalue weighted by molar-refractivity contribution is 7.89. The highest BCUT2D eigenvalue weighted by Gasteiger charge is 2.28. The number of nitrogens with zero attached hydrogens (tertiary/aromatic N) is 3. The predicted molar refractivity (Wildman–Crippen MR) is 95.8 cm³/mol. The first kappa shape index (κ1) is 19.7. The normalized spacial score (nSPS) is 13.0. The summed E-state index contributed by atoms with van der Waals surface area (Å²) in [5.41, 5.74) is 1.05. The van der Waals surface area contributed by atoms with Crippen LogP contribution in [0.4, 0.5) is 0 Å². The number of hydrogen-bond donors (Lipinski definition) is 1. The minimum absolute atomic E-state index is 0.177. The molecule has 2 aromatic rings. The van der Waals surface area contributed by atoms with Crippen LogP contribution in [0.1, 0.15) is 44.0 Å². The highest BCUT2D eigenvalue weighted by atomic mass is 32.2. The Morgan fingerprint density at radius 3 is 2.68 bits per heavy atom. The van der Waals surface area contributed by atoms with E-state index in [-0.39, 0.29) is 4.90 Å². The van der Waals surface area contributed by atoms with E-state index in [4.69, 9.17) is 9.47 Å². The monoisotopic (exact) mass is 388 g/mol. The van der Waals surface area contributed by atoms with Crippen molar-refractivity contribution in [3.63, 3.8) is 0 Å². The van der Waals surface area contributed by atoms with Gasteiger partial charge in [-0.25, -0.2) is 13.1 Å². The lowest BCUT2D eigenvalue weighted by molar-refractivity contribution is 0.381. The van der Waals surface area contributed by atoms with Crippen molar-refractivity contribution in [1.82, 2.24) is 18.9 Å². The van der Waals surface area contributed by atoms with E-state index in [0.717, 1.165) is 24.4 Å². The van der Waals surface area contributed by atoms with Crippen LogP contribution in [0.25, 0.3) is 0 Å². The first-order valence-corrected chi connectivity index (χ1v) is 10.2. The molecule has 2 rings (SSSR count). The third-order valence-electron chi connectivity index (χ3n) is 3.74. The van der Waals surface area contributed by atoms with E-state index < -0.39 is 16.1 Å². The maximum atomic E-state index is 12.8. The summed E-state index contributed by atoms with van der Waals surface area (Å²) in [6, 6.07) is -0.563. The van der Waals surface area contributed by atoms with Crippen molar-refractivity contribution in [2.45, 2.75) is 51.1 Å². The number of sulfonamides is 1. The van der Waals surface area contributed by atoms with Crippen molar-refractivity contribution in [1.29, 1.82) is 0 Å². The second kappa shape index (κ2) is 8.15. The van der Waals surface area contributed by atoms with Crippen LogP contribution >= 0.6 is 11.5 Å². The van der Waals surface area contributed by atoms with E-state index in [9.17, 15) is 8.42 Å². The molecule has 2 aromatic heterocycles. The minimum atomic E-state index is -3.74. The summed E-state index contributed by atoms with van der Waals surface area (Å²) in [6.45, 7) is 6.18. The Kier molecular flexibility index (Phi) is 6.42. The molecule has 0 radical (unpaired) electrons. The Labute approximate surface area is 152 Å². The van der Waals surface area contributed by atoms with Crippen LogP contribution in [-0.2, 0) is 16.6 Å². The second-order valence-corrected chi connectivity index (χ2v) is 8.05. The van der Waals surface area contributed by atoms with Gasteiger partial charge in [-0.1, -0.05) is 13.3 Å². The number of hydrogen-bond acceptors (Lipinski definition) is 7. The van der Waals surface area contributed by atoms with Crippen molar-refractivity contribution < 1.29 is 17.9 Å². The second-order valence-electron chi connectivity index (χ2n) is 5.64. The zero-order valence-electron chi connectivity index (χ0n) is 15.1. The Morgan fingerprint density at radius 1 is 1.36 bits per heavy atom. The number of rotatable bonds is 9. The number of aryl methyl sites for hydroxylation is 2. The molecule has 1 N–H and O–H groups in total. The average Bonchev–Trinajstić information content (AvgIpc) is 3.15. The third-order valence-corrected chi connectivity index (χ3v) is 6.19. The molecule has 0 saturated carbocycles. The lowest BCUT2D eigenvalue weighted by Gasteiger charge is -2.15. The third kappa shape index (κ3) is 4.31. The van der Waals surface area contributed by atoms with Crippen molar-refractivity contribution in [3.8, 4) is 10.9 Å². The fourth-order valence-corrected chi connectivity index (χ4v) is 4.65. The van der Waals surface area contributed by atoms with Gasteiger partial charge in [0.1, 0.15) is 4.90 Å². The van der Waals surface area contributed by atoms with Crippen LogP contribution in [0.15, 0.2) is 11.1 Å². The summed E-state index contributed by atoms with van der Waals surface area (Å²) < 4.78 is 44.5. The molecule has 25 heavy (non-hydrogen) atoms. The zero-order chi connectivity index (χ0) is 18.6. The van der Waals surface area contributed by atoms with E-state index >= 15 is 0 Å². The van der Waals surface area contributed by atoms with Crippen molar-refractivity contribution in [2.24, 2.45) is 0 Å². The number of unbranched alkanes of at least 4 members (excludes halogenated alkanes) is 1. The van der Waals surface area contributed by atoms with E-state index in [2.05, 4.69) is 21.1 Å². The lowest BCUT2D eigenvalue weighted by Crippen LogP contribution is -2.27. The largest absolute Gasteiger partial charge is 0.486 e. The van der Waals surface area contributed by atoms with Gasteiger partial charge >= 0.3 is 0 Å². The highest BCUT2D eigenvalue weighted by Crippen LogP contribution is 2.37. The number of methoxy groups -OCH3 is 2. The number of aromatic nitrogens is 3. The summed E-state index contributed by atoms with van der Waals surface area (Å²) >= 11 is 1.12. The number of ether oxygens (including phenoxy) is 2. The molecule has 0 aromatic carbocycles. The fraction of sp³-hybridized carbons (Fsp3) is 0.600. The van der Waals surface area contributed by atoms with Gasteiger partial charge in [-0.2, -0.15) is 9.47 Å². The van der Waals surface area contributed by atoms with E-state index in [0.29, 0.717) is 28.7 Å². The summed E-state index contributed by atoms with van der Waals surface area (Å²) in [5.74, 6) is 0.354. The molecule has 0 aliphatic rings. The van der Waals surface area contributed by atoms with Crippen molar-refractivity contribution in [3.05, 3.63) is 17.5 Å². The molecule has 0 aliphatic heterocycles. The molecular weight excluding hydrogens is 364 g/mol. The maximum Gasteiger partial charge on any atom is 0.244 e. The van der Waals surface area contributed by atoms with Crippen molar-refractivity contribution >= 4 is 21.6 Å². The number of nitrogens with one attached hydrogen (secondary N) is 1. The summed E-state index contributed by atoms with van der Waals surface area (Å²) in [5, 5.41) is 4.81. The van der Waals surface area contributed by atoms with Gasteiger partial charge in [-0.05, 0) is 20.3 Å². The quantitative estimate of drug-likeness (QED) is 0.709. The van der Waals surface area contributed by atoms with Crippen molar-refractivity contribution in [2.75, 3.05) is 14.2 Å². The van der Waals surface area contributed by atoms with Crippen LogP contribution < -0.4 is 14.2 Å². The van der Waals surface area contributed by atoms with Crippen LogP contribution in [-0.4, -0.2) is 36.8 Å². The van der Waals surface area contributed by atoms with Gasteiger partial charge in [-0.15, -0.1) is 0 Å². The predicted octanol–water partition coefficient (Wildman–Crippen LogP) is 2.50. The van der Waals surface area contributed by atoms with Crippen LogP contribution in [0.3, 0.4) is 0 Å². The molecular formula is C15H24N4O4S2. The summed E-state index contributed by atoms with van der Waals surface area (Å²) in [4.78, 5) is 0.177. The Hall–Kier alpha value is -1.65. The molecule has 0 bridgehead atoms. The average molecular weight is 389 g/mol. The van der Waals surface area contributed by atoms with Gasteiger partial charge in [0, 0.05) is 24.3 Å². The fourth-order valence-electron chi connectivity index (χ4n) is 2.48. The molecule has 2 heterocycles. The van der Waals surface area contributed by atoms with Gasteiger partial charge in [0.15, 0.2) is 0 Å². The molecule has 1 unspecified atom stereocenters. The first-order chi connectivity index (χ1) is 11.8. The van der Waals surface area contributed by atoms with E-state index in [1.807, 2.05) is 0 Å². The summed E-state index contributed by atoms with van der Waals surface area (Å²) in [7, 11) is -0.737. The Balaban J connectivity index is 2.27. The van der Waals surface area contributed by atoms with Gasteiger partial charge in [0.2, 0.25) is 21.0 Å². The topological polar surface area (TPSA) is 95.3 Å². The van der Waals surface area contributed by atoms with Crippen LogP contribution in [0.2, 0.25) is 0 Å². The maximum absolute atomic E-state index is 12.8. The molecule has 1 atom stereocenters. The molecule has 0 aliphatic carbocycles. The van der Waals surface area contributed by atoms with E-state index in [1.54, 1.807) is 24.7 Å². The minimum Gasteiger partial charge on any atom is -0.486 e. The summed E-state index contributed by atoms with van der Waals surface area (Å²) in [6.07, 6.45) is 3.53. The SMILES string of the molecule is CCCCn1cc(S(=O)(=O)NC(C)c2c(OC)nsc2OC)c(C)n1. The molecule has 0 saturated heterocycles. The van der Waals surface area contributed by atoms with Gasteiger partial charge < -0.3 is 9.47 Å². The smallest absolute Gasteiger partial charge is 0.244 e. The molecule has 0 fully saturated rings. The molecule has 0 spiro atoms. The van der Waals surface area contributed by atoms with Gasteiger partial charge in [0.25, 0.3) is 0 Å². The van der Waals surface area contributed by atoms with Crippen LogP contribution in [0, 0.1) is 6.92 Å². The molecule has 8 nitrogen and oxygen atoms in total. The Bertz CT molecular complexity index is 792. The van der Waals surface area contributed by atoms with Gasteiger partial charge in [0.05, 0.1) is 31.5 Å². The Morgan fingerprint density at radius 2 is 2.08 bits per heavy atom. The van der Waals surface area contributed by atoms with Gasteiger partial charge in [-0.3, -0.25) is 4.68 Å². The van der Waals surface area contributed by atoms with E-state index in [1.165, 1.54) is 14.2 Å². The zero-order valence-corrected chi connectivity index (χ0v) is 16.7.